The molecule has 6 unspecified atom stereocenters. The highest BCUT2D eigenvalue weighted by molar-refractivity contribution is 5.96. The van der Waals surface area contributed by atoms with Crippen LogP contribution in [0.15, 0.2) is 4.99 Å². The van der Waals surface area contributed by atoms with Gasteiger partial charge in [-0.3, -0.25) is 29.0 Å². The van der Waals surface area contributed by atoms with Crippen molar-refractivity contribution >= 4 is 41.5 Å². The van der Waals surface area contributed by atoms with Crippen LogP contribution in [0.4, 0.5) is 0 Å². The lowest BCUT2D eigenvalue weighted by atomic mass is 10.0. The van der Waals surface area contributed by atoms with Gasteiger partial charge in [-0.15, -0.1) is 0 Å². The number of carbonyl (C=O) groups is 6. The fourth-order valence-corrected chi connectivity index (χ4v) is 3.22. The molecule has 5 amide bonds. The second-order valence-electron chi connectivity index (χ2n) is 9.61. The minimum absolute atomic E-state index is 0.0620. The van der Waals surface area contributed by atoms with Crippen LogP contribution in [0.5, 0.6) is 0 Å². The lowest BCUT2D eigenvalue weighted by Crippen LogP contribution is -2.61. The van der Waals surface area contributed by atoms with E-state index in [0.29, 0.717) is 0 Å². The predicted octanol–water partition coefficient (Wildman–Crippen LogP) is -5.44. The molecule has 6 atom stereocenters. The summed E-state index contributed by atoms with van der Waals surface area (Å²) in [6, 6.07) is -6.68. The van der Waals surface area contributed by atoms with Crippen LogP contribution >= 0.6 is 0 Å². The molecular formula is C23H43N9O9. The summed E-state index contributed by atoms with van der Waals surface area (Å²) in [6.07, 6.45) is -1.35. The number of carboxylic acids is 1. The lowest BCUT2D eigenvalue weighted by molar-refractivity contribution is -0.143. The maximum atomic E-state index is 12.9. The highest BCUT2D eigenvalue weighted by Crippen LogP contribution is 2.05. The summed E-state index contributed by atoms with van der Waals surface area (Å²) in [4.78, 5) is 77.4. The van der Waals surface area contributed by atoms with Gasteiger partial charge in [-0.1, -0.05) is 13.8 Å². The molecule has 0 saturated heterocycles. The molecule has 0 saturated carbocycles. The van der Waals surface area contributed by atoms with Gasteiger partial charge in [0.05, 0.1) is 25.3 Å². The smallest absolute Gasteiger partial charge is 0.326 e. The molecule has 0 aromatic heterocycles. The fraction of sp³-hybridized carbons (Fsp3) is 0.696. The molecule has 0 fully saturated rings. The molecule has 0 aliphatic heterocycles. The van der Waals surface area contributed by atoms with Crippen LogP contribution in [0.25, 0.3) is 0 Å². The van der Waals surface area contributed by atoms with Crippen molar-refractivity contribution in [2.45, 2.75) is 76.8 Å². The zero-order valence-corrected chi connectivity index (χ0v) is 23.5. The molecule has 0 heterocycles. The fourth-order valence-electron chi connectivity index (χ4n) is 3.22. The zero-order chi connectivity index (χ0) is 31.9. The molecule has 0 aliphatic rings. The second kappa shape index (κ2) is 18.3. The van der Waals surface area contributed by atoms with E-state index in [1.54, 1.807) is 13.8 Å². The van der Waals surface area contributed by atoms with E-state index < -0.39 is 90.9 Å². The number of aliphatic hydroxyl groups excluding tert-OH is 2. The summed E-state index contributed by atoms with van der Waals surface area (Å²) in [7, 11) is 0. The molecule has 0 spiro atoms. The molecule has 0 rings (SSSR count). The number of guanidine groups is 1. The Bertz CT molecular complexity index is 953. The summed E-state index contributed by atoms with van der Waals surface area (Å²) in [5.41, 5.74) is 15.8. The molecule has 18 heteroatoms. The van der Waals surface area contributed by atoms with Crippen molar-refractivity contribution in [2.75, 3.05) is 19.7 Å². The first-order chi connectivity index (χ1) is 19.0. The lowest BCUT2D eigenvalue weighted by Gasteiger charge is -2.28. The predicted molar refractivity (Wildman–Crippen MR) is 146 cm³/mol. The van der Waals surface area contributed by atoms with Crippen LogP contribution in [0, 0.1) is 5.92 Å². The molecule has 0 radical (unpaired) electrons. The number of hydrogen-bond donors (Lipinski definition) is 11. The Hall–Kier alpha value is -4.03. The van der Waals surface area contributed by atoms with Gasteiger partial charge in [0, 0.05) is 6.54 Å². The van der Waals surface area contributed by atoms with Crippen molar-refractivity contribution in [3.05, 3.63) is 0 Å². The van der Waals surface area contributed by atoms with Gasteiger partial charge in [0.2, 0.25) is 29.5 Å². The number of nitrogens with two attached hydrogens (primary N) is 3. The quantitative estimate of drug-likeness (QED) is 0.0405. The van der Waals surface area contributed by atoms with Gasteiger partial charge >= 0.3 is 5.97 Å². The van der Waals surface area contributed by atoms with Crippen LogP contribution in [0.3, 0.4) is 0 Å². The third-order valence-corrected chi connectivity index (χ3v) is 5.54. The van der Waals surface area contributed by atoms with E-state index in [9.17, 15) is 44.1 Å². The Morgan fingerprint density at radius 1 is 0.805 bits per heavy atom. The van der Waals surface area contributed by atoms with E-state index in [1.807, 2.05) is 0 Å². The Balaban J connectivity index is 5.37. The highest BCUT2D eigenvalue weighted by Gasteiger charge is 2.34. The van der Waals surface area contributed by atoms with Crippen molar-refractivity contribution in [3.63, 3.8) is 0 Å². The van der Waals surface area contributed by atoms with Crippen molar-refractivity contribution in [1.82, 2.24) is 26.6 Å². The van der Waals surface area contributed by atoms with Crippen molar-refractivity contribution in [3.8, 4) is 0 Å². The Kier molecular flexibility index (Phi) is 16.5. The van der Waals surface area contributed by atoms with Crippen LogP contribution in [0.1, 0.15) is 40.5 Å². The third-order valence-electron chi connectivity index (χ3n) is 5.54. The number of hydrogen-bond acceptors (Lipinski definition) is 10. The monoisotopic (exact) mass is 589 g/mol. The van der Waals surface area contributed by atoms with Crippen molar-refractivity contribution < 1.29 is 44.1 Å². The van der Waals surface area contributed by atoms with E-state index in [-0.39, 0.29) is 25.3 Å². The van der Waals surface area contributed by atoms with Gasteiger partial charge in [0.1, 0.15) is 24.2 Å². The maximum Gasteiger partial charge on any atom is 0.326 e. The number of carbonyl (C=O) groups excluding carboxylic acids is 5. The summed E-state index contributed by atoms with van der Waals surface area (Å²) < 4.78 is 0. The van der Waals surface area contributed by atoms with Gasteiger partial charge in [-0.2, -0.15) is 0 Å². The molecule has 18 nitrogen and oxygen atoms in total. The molecule has 0 aromatic rings. The van der Waals surface area contributed by atoms with Crippen molar-refractivity contribution in [1.29, 1.82) is 0 Å². The second-order valence-corrected chi connectivity index (χ2v) is 9.61. The zero-order valence-electron chi connectivity index (χ0n) is 23.5. The summed E-state index contributed by atoms with van der Waals surface area (Å²) in [6.45, 7) is 4.52. The molecule has 14 N–H and O–H groups in total. The number of nitrogens with one attached hydrogen (secondary N) is 5. The van der Waals surface area contributed by atoms with E-state index in [2.05, 4.69) is 31.6 Å². The largest absolute Gasteiger partial charge is 0.480 e. The third kappa shape index (κ3) is 14.3. The van der Waals surface area contributed by atoms with E-state index in [1.165, 1.54) is 13.8 Å². The number of rotatable bonds is 18. The molecule has 0 aliphatic carbocycles. The maximum absolute atomic E-state index is 12.9. The van der Waals surface area contributed by atoms with Crippen LogP contribution in [-0.2, 0) is 28.8 Å². The Morgan fingerprint density at radius 2 is 1.37 bits per heavy atom. The Morgan fingerprint density at radius 3 is 1.83 bits per heavy atom. The summed E-state index contributed by atoms with van der Waals surface area (Å²) in [5.74, 6) is -6.31. The number of amides is 5. The topological polar surface area (TPSA) is 314 Å². The standard InChI is InChI=1S/C23H43N9O9/c1-10(2)16(31-15(35)8-28-18(36)11(3)24)20(38)32-17(12(4)34)21(39)30-14(9-33)19(37)29-13(22(40)41)6-5-7-27-23(25)26/h10-14,16-17,33-34H,5-9,24H2,1-4H3,(H,28,36)(H,29,37)(H,30,39)(H,31,35)(H,32,38)(H,40,41)(H4,25,26,27). The van der Waals surface area contributed by atoms with Crippen LogP contribution < -0.4 is 43.8 Å². The van der Waals surface area contributed by atoms with Crippen LogP contribution in [-0.4, -0.2) is 113 Å². The van der Waals surface area contributed by atoms with E-state index in [0.717, 1.165) is 0 Å². The SMILES string of the molecule is CC(N)C(=O)NCC(=O)NC(C(=O)NC(C(=O)NC(CO)C(=O)NC(CCCN=C(N)N)C(=O)O)C(C)O)C(C)C. The summed E-state index contributed by atoms with van der Waals surface area (Å²) >= 11 is 0. The van der Waals surface area contributed by atoms with E-state index in [4.69, 9.17) is 17.2 Å². The first-order valence-electron chi connectivity index (χ1n) is 12.8. The molecule has 234 valence electrons. The molecular weight excluding hydrogens is 546 g/mol. The minimum atomic E-state index is -1.63. The van der Waals surface area contributed by atoms with Crippen molar-refractivity contribution in [2.24, 2.45) is 28.1 Å². The first kappa shape index (κ1) is 37.0. The number of carboxylic acid groups (broad SMARTS) is 1. The van der Waals surface area contributed by atoms with Gasteiger partial charge in [0.25, 0.3) is 0 Å². The minimum Gasteiger partial charge on any atom is -0.480 e. The number of aliphatic imine (C=N–C) groups is 1. The first-order valence-corrected chi connectivity index (χ1v) is 12.8. The average Bonchev–Trinajstić information content (AvgIpc) is 2.87. The number of aliphatic hydroxyl groups is 2. The average molecular weight is 590 g/mol. The summed E-state index contributed by atoms with van der Waals surface area (Å²) in [5, 5.41) is 40.5. The van der Waals surface area contributed by atoms with Gasteiger partial charge in [0.15, 0.2) is 5.96 Å². The molecule has 0 bridgehead atoms. The van der Waals surface area contributed by atoms with E-state index >= 15 is 0 Å². The van der Waals surface area contributed by atoms with Gasteiger partial charge in [-0.25, -0.2) is 4.79 Å². The van der Waals surface area contributed by atoms with Crippen LogP contribution in [0.2, 0.25) is 0 Å². The highest BCUT2D eigenvalue weighted by atomic mass is 16.4. The van der Waals surface area contributed by atoms with Gasteiger partial charge < -0.3 is 59.1 Å². The van der Waals surface area contributed by atoms with Gasteiger partial charge in [-0.05, 0) is 32.6 Å². The number of aliphatic carboxylic acids is 1. The number of nitrogens with zero attached hydrogens (tertiary/aromatic N) is 1. The molecule has 41 heavy (non-hydrogen) atoms. The normalized spacial score (nSPS) is 15.2. The Labute approximate surface area is 237 Å². The molecule has 0 aromatic carbocycles.